The third kappa shape index (κ3) is 4.36. The van der Waals surface area contributed by atoms with Crippen molar-refractivity contribution in [2.45, 2.75) is 66.4 Å². The Morgan fingerprint density at radius 2 is 1.75 bits per heavy atom. The van der Waals surface area contributed by atoms with Crippen molar-refractivity contribution in [1.82, 2.24) is 9.97 Å². The van der Waals surface area contributed by atoms with Gasteiger partial charge in [-0.1, -0.05) is 34.6 Å². The molecule has 0 saturated heterocycles. The van der Waals surface area contributed by atoms with Gasteiger partial charge in [-0.15, -0.1) is 0 Å². The maximum Gasteiger partial charge on any atom is 0.222 e. The third-order valence-electron chi connectivity index (χ3n) is 3.12. The number of nitrogens with one attached hydrogen (secondary N) is 1. The Morgan fingerprint density at radius 3 is 2.20 bits per heavy atom. The van der Waals surface area contributed by atoms with E-state index in [4.69, 9.17) is 4.74 Å². The number of anilines is 1. The molecule has 0 radical (unpaired) electrons. The average Bonchev–Trinajstić information content (AvgIpc) is 2.29. The lowest BCUT2D eigenvalue weighted by atomic mass is 9.95. The van der Waals surface area contributed by atoms with Gasteiger partial charge in [0, 0.05) is 12.5 Å². The minimum atomic E-state index is -0.0985. The van der Waals surface area contributed by atoms with Crippen LogP contribution in [0.3, 0.4) is 0 Å². The lowest BCUT2D eigenvalue weighted by Gasteiger charge is -2.22. The Kier molecular flexibility index (Phi) is 5.37. The van der Waals surface area contributed by atoms with Gasteiger partial charge in [-0.2, -0.15) is 4.98 Å². The highest BCUT2D eigenvalue weighted by Gasteiger charge is 2.22. The minimum Gasteiger partial charge on any atom is -0.474 e. The van der Waals surface area contributed by atoms with Gasteiger partial charge in [0.2, 0.25) is 5.88 Å². The van der Waals surface area contributed by atoms with E-state index in [1.807, 2.05) is 14.0 Å². The third-order valence-corrected chi connectivity index (χ3v) is 3.12. The number of hydrogen-bond acceptors (Lipinski definition) is 4. The van der Waals surface area contributed by atoms with Crippen LogP contribution in [0, 0.1) is 12.8 Å². The van der Waals surface area contributed by atoms with E-state index in [1.165, 1.54) is 0 Å². The SMILES string of the molecule is CNc1nc(C(C)(C)C)nc(OC(C)CC(C)C)c1C. The first-order valence-electron chi connectivity index (χ1n) is 7.38. The zero-order valence-corrected chi connectivity index (χ0v) is 14.2. The Balaban J connectivity index is 3.11. The van der Waals surface area contributed by atoms with Crippen LogP contribution in [-0.4, -0.2) is 23.1 Å². The summed E-state index contributed by atoms with van der Waals surface area (Å²) in [5.74, 6) is 2.95. The molecule has 114 valence electrons. The van der Waals surface area contributed by atoms with Gasteiger partial charge in [0.15, 0.2) is 0 Å². The number of aromatic nitrogens is 2. The average molecular weight is 279 g/mol. The highest BCUT2D eigenvalue weighted by Crippen LogP contribution is 2.28. The molecule has 4 heteroatoms. The van der Waals surface area contributed by atoms with E-state index >= 15 is 0 Å². The summed E-state index contributed by atoms with van der Waals surface area (Å²) in [6.07, 6.45) is 1.17. The normalized spacial score (nSPS) is 13.4. The number of nitrogens with zero attached hydrogens (tertiary/aromatic N) is 2. The predicted molar refractivity (Wildman–Crippen MR) is 84.6 cm³/mol. The molecule has 1 N–H and O–H groups in total. The topological polar surface area (TPSA) is 47.0 Å². The van der Waals surface area contributed by atoms with Crippen molar-refractivity contribution in [3.05, 3.63) is 11.4 Å². The van der Waals surface area contributed by atoms with Gasteiger partial charge in [-0.25, -0.2) is 4.98 Å². The summed E-state index contributed by atoms with van der Waals surface area (Å²) >= 11 is 0. The molecule has 0 bridgehead atoms. The van der Waals surface area contributed by atoms with Crippen molar-refractivity contribution in [3.63, 3.8) is 0 Å². The monoisotopic (exact) mass is 279 g/mol. The van der Waals surface area contributed by atoms with Crippen molar-refractivity contribution in [2.75, 3.05) is 12.4 Å². The minimum absolute atomic E-state index is 0.0985. The molecule has 1 heterocycles. The lowest BCUT2D eigenvalue weighted by molar-refractivity contribution is 0.183. The molecule has 0 spiro atoms. The lowest BCUT2D eigenvalue weighted by Crippen LogP contribution is -2.21. The van der Waals surface area contributed by atoms with Crippen molar-refractivity contribution < 1.29 is 4.74 Å². The fourth-order valence-electron chi connectivity index (χ4n) is 2.09. The van der Waals surface area contributed by atoms with Crippen LogP contribution in [0.1, 0.15) is 59.4 Å². The Labute approximate surface area is 123 Å². The van der Waals surface area contributed by atoms with Crippen LogP contribution in [0.15, 0.2) is 0 Å². The molecular weight excluding hydrogens is 250 g/mol. The molecule has 0 aromatic carbocycles. The summed E-state index contributed by atoms with van der Waals surface area (Å²) in [4.78, 5) is 9.21. The Morgan fingerprint density at radius 1 is 1.15 bits per heavy atom. The molecule has 20 heavy (non-hydrogen) atoms. The van der Waals surface area contributed by atoms with Crippen LogP contribution in [0.4, 0.5) is 5.82 Å². The second-order valence-corrected chi connectivity index (χ2v) is 6.88. The first kappa shape index (κ1) is 16.7. The molecule has 0 aliphatic rings. The zero-order valence-electron chi connectivity index (χ0n) is 14.2. The van der Waals surface area contributed by atoms with Crippen molar-refractivity contribution in [1.29, 1.82) is 0 Å². The van der Waals surface area contributed by atoms with Gasteiger partial charge < -0.3 is 10.1 Å². The van der Waals surface area contributed by atoms with E-state index in [-0.39, 0.29) is 11.5 Å². The summed E-state index contributed by atoms with van der Waals surface area (Å²) < 4.78 is 6.04. The quantitative estimate of drug-likeness (QED) is 0.887. The molecule has 0 aliphatic carbocycles. The highest BCUT2D eigenvalue weighted by atomic mass is 16.5. The van der Waals surface area contributed by atoms with Gasteiger partial charge in [0.05, 0.1) is 11.7 Å². The van der Waals surface area contributed by atoms with Crippen LogP contribution in [0.5, 0.6) is 5.88 Å². The molecule has 1 aromatic rings. The summed E-state index contributed by atoms with van der Waals surface area (Å²) in [7, 11) is 1.88. The zero-order chi connectivity index (χ0) is 15.5. The maximum absolute atomic E-state index is 6.04. The van der Waals surface area contributed by atoms with Crippen molar-refractivity contribution in [2.24, 2.45) is 5.92 Å². The largest absolute Gasteiger partial charge is 0.474 e. The highest BCUT2D eigenvalue weighted by molar-refractivity contribution is 5.48. The molecule has 0 fully saturated rings. The second-order valence-electron chi connectivity index (χ2n) is 6.88. The molecule has 1 atom stereocenters. The summed E-state index contributed by atoms with van der Waals surface area (Å²) in [5, 5.41) is 3.13. The number of rotatable bonds is 5. The van der Waals surface area contributed by atoms with Crippen LogP contribution < -0.4 is 10.1 Å². The Bertz CT molecular complexity index is 450. The first-order valence-corrected chi connectivity index (χ1v) is 7.38. The Hall–Kier alpha value is -1.32. The van der Waals surface area contributed by atoms with E-state index in [0.29, 0.717) is 11.8 Å². The van der Waals surface area contributed by atoms with E-state index in [0.717, 1.165) is 23.6 Å². The number of ether oxygens (including phenoxy) is 1. The van der Waals surface area contributed by atoms with Crippen LogP contribution in [0.25, 0.3) is 0 Å². The van der Waals surface area contributed by atoms with Crippen molar-refractivity contribution in [3.8, 4) is 5.88 Å². The molecule has 4 nitrogen and oxygen atoms in total. The van der Waals surface area contributed by atoms with Gasteiger partial charge >= 0.3 is 0 Å². The number of hydrogen-bond donors (Lipinski definition) is 1. The van der Waals surface area contributed by atoms with Crippen molar-refractivity contribution >= 4 is 5.82 Å². The maximum atomic E-state index is 6.04. The molecule has 0 aliphatic heterocycles. The fourth-order valence-corrected chi connectivity index (χ4v) is 2.09. The van der Waals surface area contributed by atoms with Crippen LogP contribution in [-0.2, 0) is 5.41 Å². The standard InChI is InChI=1S/C16H29N3O/c1-10(2)9-11(3)20-14-12(4)13(17-8)18-15(19-14)16(5,6)7/h10-11H,9H2,1-8H3,(H,17,18,19). The van der Waals surface area contributed by atoms with Crippen LogP contribution >= 0.6 is 0 Å². The van der Waals surface area contributed by atoms with E-state index in [9.17, 15) is 0 Å². The molecule has 0 amide bonds. The second kappa shape index (κ2) is 6.42. The van der Waals surface area contributed by atoms with Gasteiger partial charge in [0.1, 0.15) is 11.6 Å². The summed E-state index contributed by atoms with van der Waals surface area (Å²) in [5.41, 5.74) is 0.870. The van der Waals surface area contributed by atoms with E-state index < -0.39 is 0 Å². The smallest absolute Gasteiger partial charge is 0.222 e. The van der Waals surface area contributed by atoms with E-state index in [2.05, 4.69) is 56.8 Å². The molecule has 1 unspecified atom stereocenters. The van der Waals surface area contributed by atoms with Gasteiger partial charge in [-0.3, -0.25) is 0 Å². The van der Waals surface area contributed by atoms with Crippen LogP contribution in [0.2, 0.25) is 0 Å². The summed E-state index contributed by atoms with van der Waals surface area (Å²) in [6.45, 7) is 14.8. The van der Waals surface area contributed by atoms with Gasteiger partial charge in [0.25, 0.3) is 0 Å². The molecule has 1 rings (SSSR count). The molecule has 0 saturated carbocycles. The predicted octanol–water partition coefficient (Wildman–Crippen LogP) is 3.94. The molecular formula is C16H29N3O. The van der Waals surface area contributed by atoms with E-state index in [1.54, 1.807) is 0 Å². The first-order chi connectivity index (χ1) is 9.15. The van der Waals surface area contributed by atoms with Gasteiger partial charge in [-0.05, 0) is 26.2 Å². The fraction of sp³-hybridized carbons (Fsp3) is 0.750. The summed E-state index contributed by atoms with van der Waals surface area (Å²) in [6, 6.07) is 0. The molecule has 1 aromatic heterocycles.